The lowest BCUT2D eigenvalue weighted by molar-refractivity contribution is -0.117. The molecular weight excluding hydrogens is 238 g/mol. The minimum Gasteiger partial charge on any atom is -0.454 e. The molecule has 1 unspecified atom stereocenters. The number of anilines is 1. The molecule has 1 amide bonds. The number of hydrogen-bond donors (Lipinski definition) is 3. The maximum absolute atomic E-state index is 11.8. The Bertz CT molecular complexity index is 501. The Morgan fingerprint density at radius 3 is 2.94 bits per heavy atom. The molecule has 1 aromatic carbocycles. The van der Waals surface area contributed by atoms with Crippen LogP contribution in [0, 0.1) is 5.92 Å². The van der Waals surface area contributed by atoms with E-state index in [2.05, 4.69) is 10.5 Å². The van der Waals surface area contributed by atoms with Gasteiger partial charge in [-0.15, -0.1) is 0 Å². The zero-order chi connectivity index (χ0) is 13.1. The predicted octanol–water partition coefficient (Wildman–Crippen LogP) is 0.736. The highest BCUT2D eigenvalue weighted by atomic mass is 16.7. The first-order chi connectivity index (χ1) is 8.61. The van der Waals surface area contributed by atoms with Crippen LogP contribution in [0.3, 0.4) is 0 Å². The van der Waals surface area contributed by atoms with Gasteiger partial charge in [0.15, 0.2) is 17.3 Å². The van der Waals surface area contributed by atoms with Gasteiger partial charge < -0.3 is 25.7 Å². The molecule has 1 aliphatic heterocycles. The second-order valence-electron chi connectivity index (χ2n) is 3.80. The molecule has 2 rings (SSSR count). The standard InChI is InChI=1S/C11H13N3O4/c1-6(10(12)14-16)11(15)13-7-2-3-8-9(4-7)18-5-17-8/h2-4,6,16H,5H2,1H3,(H2,12,14)(H,13,15). The van der Waals surface area contributed by atoms with Gasteiger partial charge in [-0.25, -0.2) is 0 Å². The Morgan fingerprint density at radius 2 is 2.22 bits per heavy atom. The predicted molar refractivity (Wildman–Crippen MR) is 63.8 cm³/mol. The van der Waals surface area contributed by atoms with E-state index in [1.807, 2.05) is 0 Å². The summed E-state index contributed by atoms with van der Waals surface area (Å²) in [5, 5.41) is 13.9. The third kappa shape index (κ3) is 2.29. The van der Waals surface area contributed by atoms with E-state index in [1.165, 1.54) is 6.92 Å². The van der Waals surface area contributed by atoms with Gasteiger partial charge >= 0.3 is 0 Å². The van der Waals surface area contributed by atoms with Crippen molar-refractivity contribution >= 4 is 17.4 Å². The van der Waals surface area contributed by atoms with E-state index < -0.39 is 5.92 Å². The summed E-state index contributed by atoms with van der Waals surface area (Å²) < 4.78 is 10.3. The molecule has 0 radical (unpaired) electrons. The summed E-state index contributed by atoms with van der Waals surface area (Å²) in [6, 6.07) is 5.04. The normalized spacial score (nSPS) is 15.3. The minimum atomic E-state index is -0.722. The van der Waals surface area contributed by atoms with E-state index in [-0.39, 0.29) is 18.5 Å². The van der Waals surface area contributed by atoms with E-state index in [0.717, 1.165) is 0 Å². The SMILES string of the molecule is CC(C(=O)Nc1ccc2c(c1)OCO2)/C(N)=N/O. The number of hydrogen-bond acceptors (Lipinski definition) is 5. The number of amides is 1. The maximum Gasteiger partial charge on any atom is 0.234 e. The molecule has 0 saturated heterocycles. The van der Waals surface area contributed by atoms with Gasteiger partial charge in [-0.1, -0.05) is 5.16 Å². The number of carbonyl (C=O) groups is 1. The third-order valence-electron chi connectivity index (χ3n) is 2.59. The molecule has 0 spiro atoms. The number of carbonyl (C=O) groups excluding carboxylic acids is 1. The lowest BCUT2D eigenvalue weighted by Crippen LogP contribution is -2.32. The quantitative estimate of drug-likeness (QED) is 0.318. The van der Waals surface area contributed by atoms with Gasteiger partial charge in [0.05, 0.1) is 5.92 Å². The number of benzene rings is 1. The molecule has 1 aliphatic rings. The van der Waals surface area contributed by atoms with Crippen molar-refractivity contribution in [2.45, 2.75) is 6.92 Å². The van der Waals surface area contributed by atoms with E-state index in [1.54, 1.807) is 18.2 Å². The second kappa shape index (κ2) is 4.82. The molecule has 7 heteroatoms. The number of fused-ring (bicyclic) bond motifs is 1. The lowest BCUT2D eigenvalue weighted by atomic mass is 10.1. The largest absolute Gasteiger partial charge is 0.454 e. The number of nitrogens with one attached hydrogen (secondary N) is 1. The van der Waals surface area contributed by atoms with Crippen LogP contribution in [0.25, 0.3) is 0 Å². The number of amidine groups is 1. The van der Waals surface area contributed by atoms with Crippen molar-refractivity contribution in [1.82, 2.24) is 0 Å². The van der Waals surface area contributed by atoms with Crippen LogP contribution in [0.2, 0.25) is 0 Å². The number of ether oxygens (including phenoxy) is 2. The first-order valence-electron chi connectivity index (χ1n) is 5.29. The van der Waals surface area contributed by atoms with Crippen LogP contribution in [0.1, 0.15) is 6.92 Å². The highest BCUT2D eigenvalue weighted by molar-refractivity contribution is 6.07. The lowest BCUT2D eigenvalue weighted by Gasteiger charge is -2.10. The molecule has 0 saturated carbocycles. The Balaban J connectivity index is 2.08. The molecule has 7 nitrogen and oxygen atoms in total. The minimum absolute atomic E-state index is 0.145. The van der Waals surface area contributed by atoms with Gasteiger partial charge in [0, 0.05) is 11.8 Å². The average Bonchev–Trinajstić information content (AvgIpc) is 2.84. The van der Waals surface area contributed by atoms with Crippen molar-refractivity contribution in [3.05, 3.63) is 18.2 Å². The molecule has 0 aliphatic carbocycles. The van der Waals surface area contributed by atoms with E-state index in [4.69, 9.17) is 20.4 Å². The summed E-state index contributed by atoms with van der Waals surface area (Å²) in [6.07, 6.45) is 0. The molecule has 1 atom stereocenters. The fourth-order valence-electron chi connectivity index (χ4n) is 1.45. The Morgan fingerprint density at radius 1 is 1.50 bits per heavy atom. The van der Waals surface area contributed by atoms with Crippen molar-refractivity contribution in [3.8, 4) is 11.5 Å². The topological polar surface area (TPSA) is 106 Å². The van der Waals surface area contributed by atoms with Gasteiger partial charge in [-0.3, -0.25) is 4.79 Å². The van der Waals surface area contributed by atoms with Crippen molar-refractivity contribution in [3.63, 3.8) is 0 Å². The van der Waals surface area contributed by atoms with Gasteiger partial charge in [-0.05, 0) is 19.1 Å². The number of nitrogens with zero attached hydrogens (tertiary/aromatic N) is 1. The second-order valence-corrected chi connectivity index (χ2v) is 3.80. The van der Waals surface area contributed by atoms with Crippen LogP contribution < -0.4 is 20.5 Å². The van der Waals surface area contributed by atoms with Gasteiger partial charge in [0.25, 0.3) is 0 Å². The fraction of sp³-hybridized carbons (Fsp3) is 0.273. The molecule has 1 heterocycles. The number of nitrogens with two attached hydrogens (primary N) is 1. The Hall–Kier alpha value is -2.44. The maximum atomic E-state index is 11.8. The van der Waals surface area contributed by atoms with Crippen LogP contribution in [0.15, 0.2) is 23.4 Å². The monoisotopic (exact) mass is 251 g/mol. The highest BCUT2D eigenvalue weighted by Crippen LogP contribution is 2.34. The highest BCUT2D eigenvalue weighted by Gasteiger charge is 2.19. The van der Waals surface area contributed by atoms with Gasteiger partial charge in [-0.2, -0.15) is 0 Å². The average molecular weight is 251 g/mol. The van der Waals surface area contributed by atoms with Crippen LogP contribution in [-0.4, -0.2) is 23.7 Å². The molecule has 0 aromatic heterocycles. The third-order valence-corrected chi connectivity index (χ3v) is 2.59. The summed E-state index contributed by atoms with van der Waals surface area (Å²) in [5.74, 6) is -0.0282. The van der Waals surface area contributed by atoms with Crippen LogP contribution in [0.4, 0.5) is 5.69 Å². The van der Waals surface area contributed by atoms with Crippen molar-refractivity contribution in [1.29, 1.82) is 0 Å². The zero-order valence-corrected chi connectivity index (χ0v) is 9.71. The van der Waals surface area contributed by atoms with Gasteiger partial charge in [0.1, 0.15) is 0 Å². The molecule has 96 valence electrons. The van der Waals surface area contributed by atoms with Gasteiger partial charge in [0.2, 0.25) is 12.7 Å². The van der Waals surface area contributed by atoms with E-state index in [0.29, 0.717) is 17.2 Å². The Kier molecular flexibility index (Phi) is 3.22. The molecule has 1 aromatic rings. The molecule has 0 bridgehead atoms. The molecule has 18 heavy (non-hydrogen) atoms. The summed E-state index contributed by atoms with van der Waals surface area (Å²) in [6.45, 7) is 1.71. The fourth-order valence-corrected chi connectivity index (χ4v) is 1.45. The molecule has 4 N–H and O–H groups in total. The molecule has 0 fully saturated rings. The van der Waals surface area contributed by atoms with Crippen molar-refractivity contribution < 1.29 is 19.5 Å². The summed E-state index contributed by atoms with van der Waals surface area (Å²) in [5.41, 5.74) is 5.91. The summed E-state index contributed by atoms with van der Waals surface area (Å²) in [4.78, 5) is 11.8. The first-order valence-corrected chi connectivity index (χ1v) is 5.29. The van der Waals surface area contributed by atoms with Crippen LogP contribution in [0.5, 0.6) is 11.5 Å². The summed E-state index contributed by atoms with van der Waals surface area (Å²) >= 11 is 0. The van der Waals surface area contributed by atoms with E-state index >= 15 is 0 Å². The first kappa shape index (κ1) is 12.0. The zero-order valence-electron chi connectivity index (χ0n) is 9.71. The van der Waals surface area contributed by atoms with Crippen molar-refractivity contribution in [2.75, 3.05) is 12.1 Å². The molecular formula is C11H13N3O4. The number of oxime groups is 1. The Labute approximate surface area is 103 Å². The van der Waals surface area contributed by atoms with Crippen LogP contribution in [-0.2, 0) is 4.79 Å². The smallest absolute Gasteiger partial charge is 0.234 e. The summed E-state index contributed by atoms with van der Waals surface area (Å²) in [7, 11) is 0. The van der Waals surface area contributed by atoms with E-state index in [9.17, 15) is 4.79 Å². The number of rotatable bonds is 3. The van der Waals surface area contributed by atoms with Crippen molar-refractivity contribution in [2.24, 2.45) is 16.8 Å². The van der Waals surface area contributed by atoms with Crippen LogP contribution >= 0.6 is 0 Å².